The first-order valence-corrected chi connectivity index (χ1v) is 7.23. The molecule has 0 aromatic heterocycles. The van der Waals surface area contributed by atoms with Crippen molar-refractivity contribution >= 4 is 34.7 Å². The summed E-state index contributed by atoms with van der Waals surface area (Å²) in [4.78, 5) is 12.3. The van der Waals surface area contributed by atoms with Gasteiger partial charge >= 0.3 is 0 Å². The van der Waals surface area contributed by atoms with Crippen molar-refractivity contribution in [3.05, 3.63) is 63.1 Å². The number of fused-ring (bicyclic) bond motifs is 1. The molecule has 102 valence electrons. The van der Waals surface area contributed by atoms with Gasteiger partial charge in [-0.1, -0.05) is 41.4 Å². The van der Waals surface area contributed by atoms with Crippen LogP contribution >= 0.6 is 23.2 Å². The van der Waals surface area contributed by atoms with Gasteiger partial charge < -0.3 is 5.32 Å². The largest absolute Gasteiger partial charge is 0.384 e. The van der Waals surface area contributed by atoms with E-state index < -0.39 is 0 Å². The van der Waals surface area contributed by atoms with Gasteiger partial charge in [-0.2, -0.15) is 0 Å². The fourth-order valence-corrected chi connectivity index (χ4v) is 2.88. The molecule has 0 unspecified atom stereocenters. The standard InChI is InChI=1S/C16H13Cl2NO/c17-13-4-3-11(14(18)9-13)8-16(20)12-2-1-10-5-6-19-15(10)7-12/h1-4,7,9,19H,5-6,8H2. The third-order valence-corrected chi connectivity index (χ3v) is 4.09. The van der Waals surface area contributed by atoms with Gasteiger partial charge in [-0.3, -0.25) is 4.79 Å². The molecule has 0 fully saturated rings. The molecule has 1 aliphatic heterocycles. The molecule has 2 nitrogen and oxygen atoms in total. The number of halogens is 2. The summed E-state index contributed by atoms with van der Waals surface area (Å²) in [5.74, 6) is 0.0609. The van der Waals surface area contributed by atoms with Gasteiger partial charge in [-0.15, -0.1) is 0 Å². The van der Waals surface area contributed by atoms with Gasteiger partial charge in [0.2, 0.25) is 0 Å². The van der Waals surface area contributed by atoms with Crippen molar-refractivity contribution in [1.29, 1.82) is 0 Å². The Balaban J connectivity index is 1.82. The van der Waals surface area contributed by atoms with Crippen LogP contribution in [0.25, 0.3) is 0 Å². The molecule has 0 amide bonds. The van der Waals surface area contributed by atoms with Crippen molar-refractivity contribution in [3.8, 4) is 0 Å². The van der Waals surface area contributed by atoms with Crippen molar-refractivity contribution in [2.24, 2.45) is 0 Å². The molecule has 2 aromatic rings. The molecule has 3 rings (SSSR count). The van der Waals surface area contributed by atoms with Gasteiger partial charge in [0, 0.05) is 34.3 Å². The third kappa shape index (κ3) is 2.67. The average Bonchev–Trinajstić information content (AvgIpc) is 2.89. The monoisotopic (exact) mass is 305 g/mol. The minimum absolute atomic E-state index is 0.0609. The lowest BCUT2D eigenvalue weighted by Crippen LogP contribution is -2.04. The van der Waals surface area contributed by atoms with Crippen molar-refractivity contribution in [2.45, 2.75) is 12.8 Å². The first kappa shape index (κ1) is 13.5. The molecule has 0 saturated heterocycles. The molecule has 0 radical (unpaired) electrons. The second-order valence-corrected chi connectivity index (χ2v) is 5.73. The Morgan fingerprint density at radius 1 is 1.15 bits per heavy atom. The summed E-state index contributed by atoms with van der Waals surface area (Å²) < 4.78 is 0. The quantitative estimate of drug-likeness (QED) is 0.852. The minimum Gasteiger partial charge on any atom is -0.384 e. The van der Waals surface area contributed by atoms with E-state index in [-0.39, 0.29) is 12.2 Å². The molecular weight excluding hydrogens is 293 g/mol. The zero-order valence-electron chi connectivity index (χ0n) is 10.7. The average molecular weight is 306 g/mol. The Labute approximate surface area is 127 Å². The Kier molecular flexibility index (Phi) is 3.68. The van der Waals surface area contributed by atoms with E-state index in [9.17, 15) is 4.79 Å². The number of rotatable bonds is 3. The predicted molar refractivity (Wildman–Crippen MR) is 83.1 cm³/mol. The molecule has 4 heteroatoms. The molecule has 2 aromatic carbocycles. The van der Waals surface area contributed by atoms with Gasteiger partial charge in [-0.05, 0) is 35.7 Å². The molecule has 0 aliphatic carbocycles. The Morgan fingerprint density at radius 2 is 2.00 bits per heavy atom. The highest BCUT2D eigenvalue weighted by atomic mass is 35.5. The van der Waals surface area contributed by atoms with E-state index in [2.05, 4.69) is 5.32 Å². The lowest BCUT2D eigenvalue weighted by Gasteiger charge is -2.06. The fourth-order valence-electron chi connectivity index (χ4n) is 2.40. The first-order chi connectivity index (χ1) is 9.63. The van der Waals surface area contributed by atoms with E-state index in [0.717, 1.165) is 24.2 Å². The van der Waals surface area contributed by atoms with Crippen molar-refractivity contribution in [3.63, 3.8) is 0 Å². The van der Waals surface area contributed by atoms with Crippen LogP contribution in [-0.4, -0.2) is 12.3 Å². The number of Topliss-reactive ketones (excluding diaryl/α,β-unsaturated/α-hetero) is 1. The van der Waals surface area contributed by atoms with Gasteiger partial charge in [0.05, 0.1) is 0 Å². The summed E-state index contributed by atoms with van der Waals surface area (Å²) in [6.45, 7) is 0.940. The first-order valence-electron chi connectivity index (χ1n) is 6.47. The van der Waals surface area contributed by atoms with Crippen LogP contribution in [0, 0.1) is 0 Å². The van der Waals surface area contributed by atoms with Crippen LogP contribution in [-0.2, 0) is 12.8 Å². The van der Waals surface area contributed by atoms with E-state index in [4.69, 9.17) is 23.2 Å². The predicted octanol–water partition coefficient (Wildman–Crippen LogP) is 4.39. The van der Waals surface area contributed by atoms with Crippen LogP contribution in [0.5, 0.6) is 0 Å². The molecule has 20 heavy (non-hydrogen) atoms. The number of anilines is 1. The minimum atomic E-state index is 0.0609. The van der Waals surface area contributed by atoms with Crippen LogP contribution < -0.4 is 5.32 Å². The van der Waals surface area contributed by atoms with Gasteiger partial charge in [0.15, 0.2) is 5.78 Å². The zero-order valence-corrected chi connectivity index (χ0v) is 12.3. The summed E-state index contributed by atoms with van der Waals surface area (Å²) >= 11 is 12.0. The third-order valence-electron chi connectivity index (χ3n) is 3.51. The topological polar surface area (TPSA) is 29.1 Å². The number of hydrogen-bond donors (Lipinski definition) is 1. The highest BCUT2D eigenvalue weighted by molar-refractivity contribution is 6.35. The number of carbonyl (C=O) groups excluding carboxylic acids is 1. The molecule has 1 aliphatic rings. The van der Waals surface area contributed by atoms with E-state index in [1.807, 2.05) is 18.2 Å². The highest BCUT2D eigenvalue weighted by Crippen LogP contribution is 2.25. The second kappa shape index (κ2) is 5.47. The molecule has 1 heterocycles. The van der Waals surface area contributed by atoms with Crippen LogP contribution in [0.2, 0.25) is 10.0 Å². The SMILES string of the molecule is O=C(Cc1ccc(Cl)cc1Cl)c1ccc2c(c1)NCC2. The van der Waals surface area contributed by atoms with Crippen LogP contribution in [0.1, 0.15) is 21.5 Å². The Morgan fingerprint density at radius 3 is 2.80 bits per heavy atom. The maximum atomic E-state index is 12.3. The molecule has 1 N–H and O–H groups in total. The molecule has 0 atom stereocenters. The number of benzene rings is 2. The van der Waals surface area contributed by atoms with Crippen LogP contribution in [0.3, 0.4) is 0 Å². The Hall–Kier alpha value is -1.51. The molecular formula is C16H13Cl2NO. The van der Waals surface area contributed by atoms with E-state index in [0.29, 0.717) is 15.6 Å². The van der Waals surface area contributed by atoms with Gasteiger partial charge in [0.1, 0.15) is 0 Å². The summed E-state index contributed by atoms with van der Waals surface area (Å²) in [6.07, 6.45) is 1.31. The maximum absolute atomic E-state index is 12.3. The number of nitrogens with one attached hydrogen (secondary N) is 1. The summed E-state index contributed by atoms with van der Waals surface area (Å²) in [6, 6.07) is 11.0. The second-order valence-electron chi connectivity index (χ2n) is 4.88. The number of carbonyl (C=O) groups is 1. The molecule has 0 saturated carbocycles. The summed E-state index contributed by atoms with van der Waals surface area (Å²) in [5, 5.41) is 4.39. The van der Waals surface area contributed by atoms with E-state index in [1.54, 1.807) is 18.2 Å². The summed E-state index contributed by atoms with van der Waals surface area (Å²) in [5.41, 5.74) is 3.85. The molecule has 0 bridgehead atoms. The smallest absolute Gasteiger partial charge is 0.167 e. The molecule has 0 spiro atoms. The number of hydrogen-bond acceptors (Lipinski definition) is 2. The van der Waals surface area contributed by atoms with Crippen LogP contribution in [0.4, 0.5) is 5.69 Å². The van der Waals surface area contributed by atoms with Gasteiger partial charge in [-0.25, -0.2) is 0 Å². The zero-order chi connectivity index (χ0) is 14.1. The van der Waals surface area contributed by atoms with E-state index in [1.165, 1.54) is 5.56 Å². The maximum Gasteiger partial charge on any atom is 0.167 e. The summed E-state index contributed by atoms with van der Waals surface area (Å²) in [7, 11) is 0. The number of ketones is 1. The van der Waals surface area contributed by atoms with Crippen LogP contribution in [0.15, 0.2) is 36.4 Å². The van der Waals surface area contributed by atoms with Gasteiger partial charge in [0.25, 0.3) is 0 Å². The van der Waals surface area contributed by atoms with Crippen molar-refractivity contribution < 1.29 is 4.79 Å². The normalized spacial score (nSPS) is 12.9. The van der Waals surface area contributed by atoms with Crippen molar-refractivity contribution in [2.75, 3.05) is 11.9 Å². The highest BCUT2D eigenvalue weighted by Gasteiger charge is 2.14. The van der Waals surface area contributed by atoms with Crippen molar-refractivity contribution in [1.82, 2.24) is 0 Å². The van der Waals surface area contributed by atoms with E-state index >= 15 is 0 Å². The fraction of sp³-hybridized carbons (Fsp3) is 0.188. The lowest BCUT2D eigenvalue weighted by atomic mass is 10.0. The lowest BCUT2D eigenvalue weighted by molar-refractivity contribution is 0.0993. The Bertz CT molecular complexity index is 682.